The summed E-state index contributed by atoms with van der Waals surface area (Å²) >= 11 is 0. The molecule has 0 aliphatic heterocycles. The van der Waals surface area contributed by atoms with Gasteiger partial charge in [-0.2, -0.15) is 0 Å². The fraction of sp³-hybridized carbons (Fsp3) is 0.235. The van der Waals surface area contributed by atoms with E-state index in [0.29, 0.717) is 12.8 Å². The van der Waals surface area contributed by atoms with Gasteiger partial charge in [-0.25, -0.2) is 8.78 Å². The molecule has 0 radical (unpaired) electrons. The van der Waals surface area contributed by atoms with E-state index in [1.165, 1.54) is 12.1 Å². The van der Waals surface area contributed by atoms with Crippen molar-refractivity contribution in [2.45, 2.75) is 26.2 Å². The number of Topliss-reactive ketones (excluding diaryl/α,β-unsaturated/α-hetero) is 1. The molecule has 0 aliphatic rings. The number of benzene rings is 2. The van der Waals surface area contributed by atoms with Crippen LogP contribution in [-0.2, 0) is 17.6 Å². The van der Waals surface area contributed by atoms with Gasteiger partial charge in [0.05, 0.1) is 0 Å². The van der Waals surface area contributed by atoms with Crippen LogP contribution in [0.5, 0.6) is 0 Å². The first-order valence-electron chi connectivity index (χ1n) is 6.56. The Labute approximate surface area is 117 Å². The van der Waals surface area contributed by atoms with Gasteiger partial charge in [0.25, 0.3) is 0 Å². The largest absolute Gasteiger partial charge is 0.299 e. The summed E-state index contributed by atoms with van der Waals surface area (Å²) in [6.45, 7) is 1.99. The quantitative estimate of drug-likeness (QED) is 0.805. The molecule has 0 saturated carbocycles. The maximum absolute atomic E-state index is 13.5. The number of carbonyl (C=O) groups excluding carboxylic acids is 1. The molecule has 0 aliphatic carbocycles. The third-order valence-electron chi connectivity index (χ3n) is 3.19. The Morgan fingerprint density at radius 3 is 2.60 bits per heavy atom. The second kappa shape index (κ2) is 6.42. The first kappa shape index (κ1) is 14.4. The van der Waals surface area contributed by atoms with E-state index in [1.54, 1.807) is 0 Å². The summed E-state index contributed by atoms with van der Waals surface area (Å²) in [5, 5.41) is 0. The minimum absolute atomic E-state index is 0.0601. The SMILES string of the molecule is Cc1cccc(CCC(=O)Cc2cccc(F)c2F)c1. The second-order valence-electron chi connectivity index (χ2n) is 4.92. The van der Waals surface area contributed by atoms with Crippen LogP contribution in [0.1, 0.15) is 23.1 Å². The third-order valence-corrected chi connectivity index (χ3v) is 3.19. The maximum Gasteiger partial charge on any atom is 0.162 e. The molecule has 0 unspecified atom stereocenters. The molecule has 0 heterocycles. The zero-order chi connectivity index (χ0) is 14.5. The summed E-state index contributed by atoms with van der Waals surface area (Å²) in [6.07, 6.45) is 0.895. The smallest absolute Gasteiger partial charge is 0.162 e. The van der Waals surface area contributed by atoms with Crippen LogP contribution in [0, 0.1) is 18.6 Å². The van der Waals surface area contributed by atoms with Gasteiger partial charge >= 0.3 is 0 Å². The lowest BCUT2D eigenvalue weighted by atomic mass is 10.0. The van der Waals surface area contributed by atoms with E-state index in [0.717, 1.165) is 17.2 Å². The van der Waals surface area contributed by atoms with E-state index in [1.807, 2.05) is 31.2 Å². The molecule has 0 aromatic heterocycles. The van der Waals surface area contributed by atoms with Gasteiger partial charge in [-0.15, -0.1) is 0 Å². The molecular formula is C17H16F2O. The van der Waals surface area contributed by atoms with Crippen LogP contribution in [0.3, 0.4) is 0 Å². The van der Waals surface area contributed by atoms with Gasteiger partial charge in [-0.1, -0.05) is 42.0 Å². The van der Waals surface area contributed by atoms with Crippen molar-refractivity contribution < 1.29 is 13.6 Å². The van der Waals surface area contributed by atoms with Crippen LogP contribution in [-0.4, -0.2) is 5.78 Å². The summed E-state index contributed by atoms with van der Waals surface area (Å²) in [5.74, 6) is -1.92. The van der Waals surface area contributed by atoms with Gasteiger partial charge in [0.15, 0.2) is 11.6 Å². The monoisotopic (exact) mass is 274 g/mol. The van der Waals surface area contributed by atoms with Gasteiger partial charge in [0.1, 0.15) is 5.78 Å². The van der Waals surface area contributed by atoms with Gasteiger partial charge < -0.3 is 0 Å². The Balaban J connectivity index is 1.94. The molecule has 0 bridgehead atoms. The standard InChI is InChI=1S/C17H16F2O/c1-12-4-2-5-13(10-12)8-9-15(20)11-14-6-3-7-16(18)17(14)19/h2-7,10H,8-9,11H2,1H3. The first-order valence-corrected chi connectivity index (χ1v) is 6.56. The van der Waals surface area contributed by atoms with Crippen molar-refractivity contribution in [3.63, 3.8) is 0 Å². The van der Waals surface area contributed by atoms with Crippen molar-refractivity contribution in [1.29, 1.82) is 0 Å². The maximum atomic E-state index is 13.5. The number of rotatable bonds is 5. The average molecular weight is 274 g/mol. The van der Waals surface area contributed by atoms with Crippen LogP contribution in [0.15, 0.2) is 42.5 Å². The molecule has 3 heteroatoms. The molecule has 104 valence electrons. The van der Waals surface area contributed by atoms with Crippen molar-refractivity contribution in [2.24, 2.45) is 0 Å². The van der Waals surface area contributed by atoms with Crippen molar-refractivity contribution in [3.8, 4) is 0 Å². The highest BCUT2D eigenvalue weighted by atomic mass is 19.2. The lowest BCUT2D eigenvalue weighted by molar-refractivity contribution is -0.118. The van der Waals surface area contributed by atoms with Crippen LogP contribution in [0.2, 0.25) is 0 Å². The third kappa shape index (κ3) is 3.73. The van der Waals surface area contributed by atoms with E-state index < -0.39 is 11.6 Å². The summed E-state index contributed by atoms with van der Waals surface area (Å²) in [7, 11) is 0. The van der Waals surface area contributed by atoms with Gasteiger partial charge in [-0.05, 0) is 30.5 Å². The molecule has 0 atom stereocenters. The minimum Gasteiger partial charge on any atom is -0.299 e. The van der Waals surface area contributed by atoms with Crippen molar-refractivity contribution in [3.05, 3.63) is 70.8 Å². The van der Waals surface area contributed by atoms with Crippen LogP contribution in [0.25, 0.3) is 0 Å². The first-order chi connectivity index (χ1) is 9.56. The molecule has 0 fully saturated rings. The van der Waals surface area contributed by atoms with Crippen molar-refractivity contribution >= 4 is 5.78 Å². The fourth-order valence-electron chi connectivity index (χ4n) is 2.14. The second-order valence-corrected chi connectivity index (χ2v) is 4.92. The predicted octanol–water partition coefficient (Wildman–Crippen LogP) is 4.02. The lowest BCUT2D eigenvalue weighted by Crippen LogP contribution is -2.07. The van der Waals surface area contributed by atoms with E-state index in [-0.39, 0.29) is 17.8 Å². The summed E-state index contributed by atoms with van der Waals surface area (Å²) in [5.41, 5.74) is 2.35. The van der Waals surface area contributed by atoms with E-state index in [2.05, 4.69) is 0 Å². The highest BCUT2D eigenvalue weighted by Gasteiger charge is 2.11. The Kier molecular flexibility index (Phi) is 4.61. The number of halogens is 2. The Bertz CT molecular complexity index is 620. The fourth-order valence-corrected chi connectivity index (χ4v) is 2.14. The van der Waals surface area contributed by atoms with E-state index in [9.17, 15) is 13.6 Å². The Morgan fingerprint density at radius 1 is 1.10 bits per heavy atom. The topological polar surface area (TPSA) is 17.1 Å². The Morgan fingerprint density at radius 2 is 1.85 bits per heavy atom. The summed E-state index contributed by atoms with van der Waals surface area (Å²) < 4.78 is 26.5. The van der Waals surface area contributed by atoms with E-state index in [4.69, 9.17) is 0 Å². The summed E-state index contributed by atoms with van der Waals surface area (Å²) in [6, 6.07) is 11.8. The van der Waals surface area contributed by atoms with Gasteiger partial charge in [-0.3, -0.25) is 4.79 Å². The molecular weight excluding hydrogens is 258 g/mol. The number of ketones is 1. The zero-order valence-corrected chi connectivity index (χ0v) is 11.3. The number of aryl methyl sites for hydroxylation is 2. The summed E-state index contributed by atoms with van der Waals surface area (Å²) in [4.78, 5) is 11.8. The predicted molar refractivity (Wildman–Crippen MR) is 74.6 cm³/mol. The number of hydrogen-bond donors (Lipinski definition) is 0. The molecule has 2 aromatic carbocycles. The number of carbonyl (C=O) groups is 1. The van der Waals surface area contributed by atoms with Crippen LogP contribution in [0.4, 0.5) is 8.78 Å². The molecule has 0 N–H and O–H groups in total. The molecule has 1 nitrogen and oxygen atoms in total. The normalized spacial score (nSPS) is 10.6. The minimum atomic E-state index is -0.920. The Hall–Kier alpha value is -2.03. The van der Waals surface area contributed by atoms with Crippen molar-refractivity contribution in [1.82, 2.24) is 0 Å². The molecule has 0 amide bonds. The zero-order valence-electron chi connectivity index (χ0n) is 11.3. The highest BCUT2D eigenvalue weighted by Crippen LogP contribution is 2.14. The number of hydrogen-bond acceptors (Lipinski definition) is 1. The molecule has 0 saturated heterocycles. The van der Waals surface area contributed by atoms with Crippen molar-refractivity contribution in [2.75, 3.05) is 0 Å². The molecule has 0 spiro atoms. The average Bonchev–Trinajstić information content (AvgIpc) is 2.42. The van der Waals surface area contributed by atoms with Crippen LogP contribution < -0.4 is 0 Å². The molecule has 2 rings (SSSR count). The van der Waals surface area contributed by atoms with Gasteiger partial charge in [0.2, 0.25) is 0 Å². The van der Waals surface area contributed by atoms with E-state index >= 15 is 0 Å². The van der Waals surface area contributed by atoms with Crippen LogP contribution >= 0.6 is 0 Å². The lowest BCUT2D eigenvalue weighted by Gasteiger charge is -2.04. The molecule has 20 heavy (non-hydrogen) atoms. The highest BCUT2D eigenvalue weighted by molar-refractivity contribution is 5.81. The van der Waals surface area contributed by atoms with Gasteiger partial charge in [0, 0.05) is 12.8 Å². The molecule has 2 aromatic rings.